The van der Waals surface area contributed by atoms with E-state index in [1.165, 1.54) is 11.5 Å². The van der Waals surface area contributed by atoms with Gasteiger partial charge in [0.1, 0.15) is 0 Å². The van der Waals surface area contributed by atoms with Crippen molar-refractivity contribution < 1.29 is 17.1 Å². The van der Waals surface area contributed by atoms with Crippen LogP contribution in [-0.2, 0) is 11.3 Å². The molecule has 0 aromatic heterocycles. The van der Waals surface area contributed by atoms with Gasteiger partial charge in [0, 0.05) is 6.61 Å². The molecule has 0 aliphatic carbocycles. The molecular formula is C12H17ClMgO. The molecule has 0 fully saturated rings. The van der Waals surface area contributed by atoms with Crippen LogP contribution in [0.15, 0.2) is 30.3 Å². The summed E-state index contributed by atoms with van der Waals surface area (Å²) in [6.45, 7) is 5.82. The minimum Gasteiger partial charge on any atom is -1.00 e. The van der Waals surface area contributed by atoms with Gasteiger partial charge >= 0.3 is 23.1 Å². The molecule has 1 rings (SSSR count). The quantitative estimate of drug-likeness (QED) is 0.392. The molecule has 0 N–H and O–H groups in total. The summed E-state index contributed by atoms with van der Waals surface area (Å²) in [4.78, 5) is 0. The van der Waals surface area contributed by atoms with Crippen LogP contribution in [0.3, 0.4) is 0 Å². The molecule has 80 valence electrons. The molecule has 0 bridgehead atoms. The van der Waals surface area contributed by atoms with Gasteiger partial charge in [0.2, 0.25) is 0 Å². The van der Waals surface area contributed by atoms with Gasteiger partial charge in [0.05, 0.1) is 6.61 Å². The molecule has 1 aromatic rings. The van der Waals surface area contributed by atoms with Crippen molar-refractivity contribution in [3.63, 3.8) is 0 Å². The van der Waals surface area contributed by atoms with Gasteiger partial charge in [-0.05, 0) is 5.56 Å². The summed E-state index contributed by atoms with van der Waals surface area (Å²) >= 11 is 0. The minimum absolute atomic E-state index is 0. The Morgan fingerprint density at radius 1 is 1.13 bits per heavy atom. The van der Waals surface area contributed by atoms with Crippen molar-refractivity contribution in [2.45, 2.75) is 26.9 Å². The molecule has 0 heterocycles. The molecule has 0 spiro atoms. The van der Waals surface area contributed by atoms with E-state index in [4.69, 9.17) is 4.74 Å². The second-order valence-corrected chi connectivity index (χ2v) is 3.50. The van der Waals surface area contributed by atoms with Crippen LogP contribution in [0.4, 0.5) is 0 Å². The van der Waals surface area contributed by atoms with E-state index in [1.807, 2.05) is 18.2 Å². The normalized spacial score (nSPS) is 9.27. The Bertz CT molecular complexity index is 226. The van der Waals surface area contributed by atoms with E-state index in [9.17, 15) is 0 Å². The van der Waals surface area contributed by atoms with Crippen LogP contribution in [0.2, 0.25) is 0 Å². The van der Waals surface area contributed by atoms with Gasteiger partial charge in [0.25, 0.3) is 0 Å². The molecule has 0 unspecified atom stereocenters. The maximum absolute atomic E-state index is 5.51. The summed E-state index contributed by atoms with van der Waals surface area (Å²) in [7, 11) is 0. The summed E-state index contributed by atoms with van der Waals surface area (Å²) in [6, 6.07) is 10.3. The zero-order valence-electron chi connectivity index (χ0n) is 9.50. The Labute approximate surface area is 115 Å². The number of hydrogen-bond acceptors (Lipinski definition) is 1. The van der Waals surface area contributed by atoms with E-state index >= 15 is 0 Å². The van der Waals surface area contributed by atoms with E-state index in [-0.39, 0.29) is 35.5 Å². The van der Waals surface area contributed by atoms with Crippen molar-refractivity contribution in [3.8, 4) is 0 Å². The van der Waals surface area contributed by atoms with Crippen molar-refractivity contribution in [1.29, 1.82) is 0 Å². The Hall–Kier alpha value is 0.236. The van der Waals surface area contributed by atoms with Crippen LogP contribution in [-0.4, -0.2) is 29.7 Å². The zero-order valence-corrected chi connectivity index (χ0v) is 11.7. The topological polar surface area (TPSA) is 9.23 Å². The number of rotatable bonds is 5. The summed E-state index contributed by atoms with van der Waals surface area (Å²) in [5, 5.41) is 0. The van der Waals surface area contributed by atoms with Crippen molar-refractivity contribution in [2.75, 3.05) is 6.61 Å². The first kappa shape index (κ1) is 17.6. The van der Waals surface area contributed by atoms with Gasteiger partial charge < -0.3 is 23.1 Å². The number of hydrogen-bond donors (Lipinski definition) is 0. The van der Waals surface area contributed by atoms with Gasteiger partial charge in [-0.1, -0.05) is 30.3 Å². The van der Waals surface area contributed by atoms with Crippen molar-refractivity contribution in [3.05, 3.63) is 41.8 Å². The third-order valence-corrected chi connectivity index (χ3v) is 1.86. The summed E-state index contributed by atoms with van der Waals surface area (Å²) in [5.74, 6) is 1.42. The van der Waals surface area contributed by atoms with Crippen molar-refractivity contribution in [2.24, 2.45) is 0 Å². The zero-order chi connectivity index (χ0) is 9.52. The molecule has 1 aromatic carbocycles. The van der Waals surface area contributed by atoms with Gasteiger partial charge in [-0.25, -0.2) is 0 Å². The van der Waals surface area contributed by atoms with Crippen LogP contribution in [0.25, 0.3) is 0 Å². The Balaban J connectivity index is 0. The second-order valence-electron chi connectivity index (χ2n) is 3.50. The van der Waals surface area contributed by atoms with Gasteiger partial charge in [-0.2, -0.15) is 20.3 Å². The molecule has 15 heavy (non-hydrogen) atoms. The Morgan fingerprint density at radius 3 is 2.27 bits per heavy atom. The smallest absolute Gasteiger partial charge is 1.00 e. The number of ether oxygens (including phenoxy) is 1. The SMILES string of the molecule is C[C-](C)CCOCc1ccccc1.[Cl-].[Mg+2]. The summed E-state index contributed by atoms with van der Waals surface area (Å²) < 4.78 is 5.51. The van der Waals surface area contributed by atoms with E-state index in [0.717, 1.165) is 19.6 Å². The summed E-state index contributed by atoms with van der Waals surface area (Å²) in [6.07, 6.45) is 1.06. The van der Waals surface area contributed by atoms with E-state index in [2.05, 4.69) is 26.0 Å². The number of halogens is 1. The molecule has 0 atom stereocenters. The standard InChI is InChI=1S/C12H17O.ClH.Mg/c1-11(2)8-9-13-10-12-6-4-3-5-7-12;;/h3-7H,8-10H2,1-2H3;1H;/q-1;;+2/p-1. The first-order chi connectivity index (χ1) is 6.29. The average Bonchev–Trinajstić information content (AvgIpc) is 2.14. The predicted octanol–water partition coefficient (Wildman–Crippen LogP) is -0.169. The fourth-order valence-electron chi connectivity index (χ4n) is 1.04. The Morgan fingerprint density at radius 2 is 1.73 bits per heavy atom. The van der Waals surface area contributed by atoms with Crippen LogP contribution < -0.4 is 12.4 Å². The van der Waals surface area contributed by atoms with Gasteiger partial charge in [-0.3, -0.25) is 0 Å². The summed E-state index contributed by atoms with van der Waals surface area (Å²) in [5.41, 5.74) is 1.25. The monoisotopic (exact) mass is 236 g/mol. The molecule has 1 nitrogen and oxygen atoms in total. The molecule has 0 radical (unpaired) electrons. The van der Waals surface area contributed by atoms with Gasteiger partial charge in [0.15, 0.2) is 0 Å². The third kappa shape index (κ3) is 9.18. The molecule has 0 aliphatic heterocycles. The van der Waals surface area contributed by atoms with Crippen LogP contribution in [0, 0.1) is 5.92 Å². The maximum Gasteiger partial charge on any atom is 2.00 e. The Kier molecular flexibility index (Phi) is 12.6. The first-order valence-electron chi connectivity index (χ1n) is 4.70. The molecule has 0 aliphatic rings. The first-order valence-corrected chi connectivity index (χ1v) is 4.70. The van der Waals surface area contributed by atoms with Crippen LogP contribution in [0.5, 0.6) is 0 Å². The van der Waals surface area contributed by atoms with Crippen molar-refractivity contribution in [1.82, 2.24) is 0 Å². The van der Waals surface area contributed by atoms with Crippen molar-refractivity contribution >= 4 is 23.1 Å². The molecular weight excluding hydrogens is 220 g/mol. The van der Waals surface area contributed by atoms with E-state index < -0.39 is 0 Å². The molecule has 3 heteroatoms. The predicted molar refractivity (Wildman–Crippen MR) is 61.1 cm³/mol. The fourth-order valence-corrected chi connectivity index (χ4v) is 1.04. The molecule has 0 amide bonds. The fraction of sp³-hybridized carbons (Fsp3) is 0.417. The maximum atomic E-state index is 5.51. The van der Waals surface area contributed by atoms with E-state index in [0.29, 0.717) is 0 Å². The average molecular weight is 237 g/mol. The van der Waals surface area contributed by atoms with Gasteiger partial charge in [-0.15, -0.1) is 0 Å². The second kappa shape index (κ2) is 10.7. The van der Waals surface area contributed by atoms with Crippen LogP contribution in [0.1, 0.15) is 25.8 Å². The molecule has 0 saturated carbocycles. The van der Waals surface area contributed by atoms with Crippen LogP contribution >= 0.6 is 0 Å². The molecule has 0 saturated heterocycles. The van der Waals surface area contributed by atoms with E-state index in [1.54, 1.807) is 0 Å². The minimum atomic E-state index is 0. The largest absolute Gasteiger partial charge is 2.00 e. The number of benzene rings is 1. The third-order valence-electron chi connectivity index (χ3n) is 1.86.